The van der Waals surface area contributed by atoms with E-state index >= 15 is 0 Å². The van der Waals surface area contributed by atoms with Crippen LogP contribution in [0.3, 0.4) is 0 Å². The molecule has 1 aromatic carbocycles. The summed E-state index contributed by atoms with van der Waals surface area (Å²) >= 11 is 6.09. The Morgan fingerprint density at radius 2 is 2.08 bits per heavy atom. The molecule has 24 heavy (non-hydrogen) atoms. The van der Waals surface area contributed by atoms with E-state index in [9.17, 15) is 0 Å². The SMILES string of the molecule is Cl.Nc1nc(-c2cccc(Cl)c2)cc(N2C[C@H]3CCCN[C@H]3C2)n1. The molecule has 0 bridgehead atoms. The van der Waals surface area contributed by atoms with Gasteiger partial charge in [0.2, 0.25) is 5.95 Å². The molecule has 0 radical (unpaired) electrons. The molecule has 2 fully saturated rings. The molecular weight excluding hydrogens is 345 g/mol. The summed E-state index contributed by atoms with van der Waals surface area (Å²) in [5, 5.41) is 4.31. The summed E-state index contributed by atoms with van der Waals surface area (Å²) in [5.74, 6) is 1.92. The second-order valence-electron chi connectivity index (χ2n) is 6.35. The number of rotatable bonds is 2. The van der Waals surface area contributed by atoms with Crippen LogP contribution in [0.15, 0.2) is 30.3 Å². The number of halogens is 2. The molecule has 0 amide bonds. The van der Waals surface area contributed by atoms with Crippen molar-refractivity contribution < 1.29 is 0 Å². The lowest BCUT2D eigenvalue weighted by Crippen LogP contribution is -2.40. The van der Waals surface area contributed by atoms with Crippen molar-refractivity contribution in [1.82, 2.24) is 15.3 Å². The van der Waals surface area contributed by atoms with E-state index in [1.807, 2.05) is 30.3 Å². The van der Waals surface area contributed by atoms with E-state index in [2.05, 4.69) is 20.2 Å². The van der Waals surface area contributed by atoms with Crippen molar-refractivity contribution in [2.45, 2.75) is 18.9 Å². The Hall–Kier alpha value is -1.56. The van der Waals surface area contributed by atoms with E-state index in [4.69, 9.17) is 17.3 Å². The summed E-state index contributed by atoms with van der Waals surface area (Å²) in [4.78, 5) is 11.1. The minimum absolute atomic E-state index is 0. The summed E-state index contributed by atoms with van der Waals surface area (Å²) in [6.07, 6.45) is 2.55. The largest absolute Gasteiger partial charge is 0.368 e. The lowest BCUT2D eigenvalue weighted by molar-refractivity contribution is 0.340. The van der Waals surface area contributed by atoms with E-state index in [-0.39, 0.29) is 12.4 Å². The highest BCUT2D eigenvalue weighted by Crippen LogP contribution is 2.30. The molecule has 0 spiro atoms. The monoisotopic (exact) mass is 365 g/mol. The highest BCUT2D eigenvalue weighted by molar-refractivity contribution is 6.30. The van der Waals surface area contributed by atoms with Gasteiger partial charge in [0.15, 0.2) is 0 Å². The van der Waals surface area contributed by atoms with Gasteiger partial charge in [-0.25, -0.2) is 4.98 Å². The molecule has 3 N–H and O–H groups in total. The molecule has 2 atom stereocenters. The van der Waals surface area contributed by atoms with Crippen molar-refractivity contribution in [3.8, 4) is 11.3 Å². The average Bonchev–Trinajstić information content (AvgIpc) is 2.98. The van der Waals surface area contributed by atoms with Gasteiger partial charge >= 0.3 is 0 Å². The van der Waals surface area contributed by atoms with Crippen LogP contribution in [-0.2, 0) is 0 Å². The fraction of sp³-hybridized carbons (Fsp3) is 0.412. The molecule has 2 saturated heterocycles. The number of hydrogen-bond acceptors (Lipinski definition) is 5. The molecule has 4 rings (SSSR count). The van der Waals surface area contributed by atoms with Crippen molar-refractivity contribution in [2.24, 2.45) is 5.92 Å². The van der Waals surface area contributed by atoms with Crippen LogP contribution in [0.2, 0.25) is 5.02 Å². The maximum Gasteiger partial charge on any atom is 0.222 e. The molecular formula is C17H21Cl2N5. The molecule has 128 valence electrons. The first-order chi connectivity index (χ1) is 11.2. The Labute approximate surface area is 153 Å². The highest BCUT2D eigenvalue weighted by atomic mass is 35.5. The van der Waals surface area contributed by atoms with Gasteiger partial charge in [0.05, 0.1) is 5.69 Å². The van der Waals surface area contributed by atoms with Crippen LogP contribution in [0.5, 0.6) is 0 Å². The zero-order chi connectivity index (χ0) is 15.8. The van der Waals surface area contributed by atoms with Gasteiger partial charge < -0.3 is 16.0 Å². The molecule has 0 unspecified atom stereocenters. The Morgan fingerprint density at radius 3 is 2.88 bits per heavy atom. The topological polar surface area (TPSA) is 67.1 Å². The summed E-state index contributed by atoms with van der Waals surface area (Å²) in [6, 6.07) is 10.2. The van der Waals surface area contributed by atoms with Crippen LogP contribution in [0.4, 0.5) is 11.8 Å². The van der Waals surface area contributed by atoms with E-state index < -0.39 is 0 Å². The van der Waals surface area contributed by atoms with Gasteiger partial charge in [-0.3, -0.25) is 0 Å². The van der Waals surface area contributed by atoms with E-state index in [1.54, 1.807) is 0 Å². The van der Waals surface area contributed by atoms with Gasteiger partial charge in [-0.05, 0) is 37.4 Å². The van der Waals surface area contributed by atoms with E-state index in [0.717, 1.165) is 36.7 Å². The predicted octanol–water partition coefficient (Wildman–Crippen LogP) is 2.99. The van der Waals surface area contributed by atoms with Gasteiger partial charge in [-0.1, -0.05) is 23.7 Å². The summed E-state index contributed by atoms with van der Waals surface area (Å²) < 4.78 is 0. The zero-order valence-corrected chi connectivity index (χ0v) is 14.9. The van der Waals surface area contributed by atoms with Gasteiger partial charge in [0, 0.05) is 35.8 Å². The maximum atomic E-state index is 6.09. The van der Waals surface area contributed by atoms with Crippen LogP contribution >= 0.6 is 24.0 Å². The summed E-state index contributed by atoms with van der Waals surface area (Å²) in [7, 11) is 0. The maximum absolute atomic E-state index is 6.09. The second-order valence-corrected chi connectivity index (χ2v) is 6.78. The standard InChI is InChI=1S/C17H20ClN5.ClH/c18-13-5-1-3-11(7-13)14-8-16(22-17(19)21-14)23-9-12-4-2-6-20-15(12)10-23;/h1,3,5,7-8,12,15,20H,2,4,6,9-10H2,(H2,19,21,22);1H/t12-,15+;/m1./s1. The third kappa shape index (κ3) is 3.43. The zero-order valence-electron chi connectivity index (χ0n) is 13.3. The van der Waals surface area contributed by atoms with Crippen molar-refractivity contribution in [3.63, 3.8) is 0 Å². The summed E-state index contributed by atoms with van der Waals surface area (Å²) in [6.45, 7) is 3.13. The number of anilines is 2. The highest BCUT2D eigenvalue weighted by Gasteiger charge is 2.35. The molecule has 0 saturated carbocycles. The quantitative estimate of drug-likeness (QED) is 0.855. The van der Waals surface area contributed by atoms with Gasteiger partial charge in [0.1, 0.15) is 5.82 Å². The van der Waals surface area contributed by atoms with Gasteiger partial charge in [0.25, 0.3) is 0 Å². The number of hydrogen-bond donors (Lipinski definition) is 2. The number of nitrogens with zero attached hydrogens (tertiary/aromatic N) is 3. The first kappa shape index (κ1) is 17.3. The Morgan fingerprint density at radius 1 is 1.21 bits per heavy atom. The molecule has 3 heterocycles. The van der Waals surface area contributed by atoms with Crippen LogP contribution in [0.1, 0.15) is 12.8 Å². The van der Waals surface area contributed by atoms with Crippen LogP contribution < -0.4 is 16.0 Å². The van der Waals surface area contributed by atoms with Crippen LogP contribution in [0.25, 0.3) is 11.3 Å². The van der Waals surface area contributed by atoms with E-state index in [0.29, 0.717) is 22.9 Å². The fourth-order valence-electron chi connectivity index (χ4n) is 3.64. The Balaban J connectivity index is 0.00000169. The third-order valence-electron chi connectivity index (χ3n) is 4.77. The summed E-state index contributed by atoms with van der Waals surface area (Å²) in [5.41, 5.74) is 7.73. The number of piperidine rings is 1. The van der Waals surface area contributed by atoms with Crippen molar-refractivity contribution in [3.05, 3.63) is 35.4 Å². The van der Waals surface area contributed by atoms with Gasteiger partial charge in [-0.15, -0.1) is 12.4 Å². The number of fused-ring (bicyclic) bond motifs is 1. The van der Waals surface area contributed by atoms with E-state index in [1.165, 1.54) is 12.8 Å². The number of aromatic nitrogens is 2. The predicted molar refractivity (Wildman–Crippen MR) is 101 cm³/mol. The molecule has 0 aliphatic carbocycles. The molecule has 2 aliphatic heterocycles. The fourth-order valence-corrected chi connectivity index (χ4v) is 3.83. The first-order valence-corrected chi connectivity index (χ1v) is 8.46. The lowest BCUT2D eigenvalue weighted by Gasteiger charge is -2.24. The molecule has 5 nitrogen and oxygen atoms in total. The lowest BCUT2D eigenvalue weighted by atomic mass is 9.94. The van der Waals surface area contributed by atoms with Crippen molar-refractivity contribution in [2.75, 3.05) is 30.3 Å². The average molecular weight is 366 g/mol. The normalized spacial score (nSPS) is 22.8. The molecule has 7 heteroatoms. The second kappa shape index (κ2) is 7.13. The van der Waals surface area contributed by atoms with Crippen LogP contribution in [-0.4, -0.2) is 35.6 Å². The van der Waals surface area contributed by atoms with Crippen LogP contribution in [0, 0.1) is 5.92 Å². The molecule has 1 aromatic heterocycles. The minimum Gasteiger partial charge on any atom is -0.368 e. The van der Waals surface area contributed by atoms with Crippen molar-refractivity contribution >= 4 is 35.8 Å². The minimum atomic E-state index is 0. The number of nitrogens with two attached hydrogens (primary N) is 1. The Kier molecular flexibility index (Phi) is 5.13. The third-order valence-corrected chi connectivity index (χ3v) is 5.01. The molecule has 2 aromatic rings. The molecule has 2 aliphatic rings. The smallest absolute Gasteiger partial charge is 0.222 e. The Bertz CT molecular complexity index is 710. The van der Waals surface area contributed by atoms with Crippen molar-refractivity contribution in [1.29, 1.82) is 0 Å². The van der Waals surface area contributed by atoms with Gasteiger partial charge in [-0.2, -0.15) is 4.98 Å². The first-order valence-electron chi connectivity index (χ1n) is 8.08. The number of nitrogens with one attached hydrogen (secondary N) is 1. The number of nitrogen functional groups attached to an aromatic ring is 1. The number of benzene rings is 1.